The summed E-state index contributed by atoms with van der Waals surface area (Å²) in [4.78, 5) is 1.01. The molecule has 1 aromatic carbocycles. The van der Waals surface area contributed by atoms with E-state index in [-0.39, 0.29) is 11.5 Å². The van der Waals surface area contributed by atoms with E-state index in [9.17, 15) is 0 Å². The summed E-state index contributed by atoms with van der Waals surface area (Å²) in [6.07, 6.45) is 0. The standard InChI is InChI=1S/C15H16ClNOS/c1-15(2)8-18-12-4-3-9(7-10(12)15)13(17)14-11(16)5-6-19-14/h3-7,13H,8,17H2,1-2H3. The third-order valence-corrected chi connectivity index (χ3v) is 5.05. The summed E-state index contributed by atoms with van der Waals surface area (Å²) in [7, 11) is 0. The average molecular weight is 294 g/mol. The van der Waals surface area contributed by atoms with E-state index < -0.39 is 0 Å². The van der Waals surface area contributed by atoms with Crippen molar-refractivity contribution in [3.8, 4) is 5.75 Å². The van der Waals surface area contributed by atoms with E-state index in [0.717, 1.165) is 27.8 Å². The first-order valence-electron chi connectivity index (χ1n) is 6.25. The van der Waals surface area contributed by atoms with E-state index in [1.165, 1.54) is 5.56 Å². The number of hydrogen-bond acceptors (Lipinski definition) is 3. The van der Waals surface area contributed by atoms with E-state index in [4.69, 9.17) is 22.1 Å². The van der Waals surface area contributed by atoms with Crippen LogP contribution in [-0.2, 0) is 5.41 Å². The van der Waals surface area contributed by atoms with E-state index in [1.807, 2.05) is 23.6 Å². The molecule has 1 aliphatic heterocycles. The van der Waals surface area contributed by atoms with Crippen LogP contribution in [-0.4, -0.2) is 6.61 Å². The minimum Gasteiger partial charge on any atom is -0.492 e. The minimum absolute atomic E-state index is 0.0459. The Labute approximate surface area is 122 Å². The molecule has 1 unspecified atom stereocenters. The zero-order chi connectivity index (χ0) is 13.6. The van der Waals surface area contributed by atoms with Crippen molar-refractivity contribution >= 4 is 22.9 Å². The van der Waals surface area contributed by atoms with Gasteiger partial charge in [-0.05, 0) is 29.1 Å². The second-order valence-electron chi connectivity index (χ2n) is 5.54. The maximum absolute atomic E-state index is 6.33. The van der Waals surface area contributed by atoms with Crippen molar-refractivity contribution in [2.24, 2.45) is 5.73 Å². The minimum atomic E-state index is -0.172. The van der Waals surface area contributed by atoms with E-state index in [1.54, 1.807) is 11.3 Å². The number of rotatable bonds is 2. The van der Waals surface area contributed by atoms with Crippen LogP contribution in [0, 0.1) is 0 Å². The Kier molecular flexibility index (Phi) is 3.08. The van der Waals surface area contributed by atoms with Crippen molar-refractivity contribution in [2.75, 3.05) is 6.61 Å². The van der Waals surface area contributed by atoms with Crippen LogP contribution in [0.25, 0.3) is 0 Å². The fourth-order valence-electron chi connectivity index (χ4n) is 2.41. The third kappa shape index (κ3) is 2.16. The lowest BCUT2D eigenvalue weighted by atomic mass is 9.85. The Hall–Kier alpha value is -1.03. The summed E-state index contributed by atoms with van der Waals surface area (Å²) in [5, 5.41) is 2.71. The molecule has 0 saturated carbocycles. The first-order chi connectivity index (χ1) is 8.99. The summed E-state index contributed by atoms with van der Waals surface area (Å²) in [6.45, 7) is 5.10. The second-order valence-corrected chi connectivity index (χ2v) is 6.89. The van der Waals surface area contributed by atoms with Gasteiger partial charge in [-0.2, -0.15) is 0 Å². The summed E-state index contributed by atoms with van der Waals surface area (Å²) in [5.41, 5.74) is 8.69. The SMILES string of the molecule is CC1(C)COc2ccc(C(N)c3sccc3Cl)cc21. The fraction of sp³-hybridized carbons (Fsp3) is 0.333. The zero-order valence-electron chi connectivity index (χ0n) is 10.9. The van der Waals surface area contributed by atoms with Gasteiger partial charge in [0.25, 0.3) is 0 Å². The van der Waals surface area contributed by atoms with Gasteiger partial charge >= 0.3 is 0 Å². The maximum Gasteiger partial charge on any atom is 0.123 e. The van der Waals surface area contributed by atoms with Crippen molar-refractivity contribution in [3.63, 3.8) is 0 Å². The van der Waals surface area contributed by atoms with Gasteiger partial charge < -0.3 is 10.5 Å². The molecule has 100 valence electrons. The molecule has 1 aliphatic rings. The number of hydrogen-bond donors (Lipinski definition) is 1. The smallest absolute Gasteiger partial charge is 0.123 e. The van der Waals surface area contributed by atoms with Gasteiger partial charge in [0.15, 0.2) is 0 Å². The average Bonchev–Trinajstić information content (AvgIpc) is 2.93. The molecule has 2 heterocycles. The van der Waals surface area contributed by atoms with Crippen molar-refractivity contribution < 1.29 is 4.74 Å². The third-order valence-electron chi connectivity index (χ3n) is 3.61. The number of nitrogens with two attached hydrogens (primary N) is 1. The molecule has 0 aliphatic carbocycles. The lowest BCUT2D eigenvalue weighted by Crippen LogP contribution is -2.19. The van der Waals surface area contributed by atoms with Gasteiger partial charge in [0, 0.05) is 15.9 Å². The van der Waals surface area contributed by atoms with Crippen LogP contribution in [0.2, 0.25) is 5.02 Å². The highest BCUT2D eigenvalue weighted by Crippen LogP contribution is 2.41. The topological polar surface area (TPSA) is 35.2 Å². The molecule has 0 radical (unpaired) electrons. The van der Waals surface area contributed by atoms with Crippen LogP contribution in [0.1, 0.15) is 35.9 Å². The zero-order valence-corrected chi connectivity index (χ0v) is 12.5. The molecule has 1 atom stereocenters. The lowest BCUT2D eigenvalue weighted by molar-refractivity contribution is 0.291. The highest BCUT2D eigenvalue weighted by atomic mass is 35.5. The van der Waals surface area contributed by atoms with Crippen LogP contribution >= 0.6 is 22.9 Å². The molecule has 0 fully saturated rings. The first kappa shape index (κ1) is 13.0. The molecule has 4 heteroatoms. The molecule has 1 aromatic heterocycles. The normalized spacial score (nSPS) is 17.9. The predicted octanol–water partition coefficient (Wildman–Crippen LogP) is 4.12. The number of halogens is 1. The van der Waals surface area contributed by atoms with Crippen LogP contribution in [0.5, 0.6) is 5.75 Å². The van der Waals surface area contributed by atoms with E-state index >= 15 is 0 Å². The first-order valence-corrected chi connectivity index (χ1v) is 7.50. The molecule has 19 heavy (non-hydrogen) atoms. The quantitative estimate of drug-likeness (QED) is 0.904. The van der Waals surface area contributed by atoms with Gasteiger partial charge in [-0.15, -0.1) is 11.3 Å². The van der Waals surface area contributed by atoms with Gasteiger partial charge in [0.2, 0.25) is 0 Å². The summed E-state index contributed by atoms with van der Waals surface area (Å²) in [5.74, 6) is 0.971. The van der Waals surface area contributed by atoms with Crippen molar-refractivity contribution in [1.29, 1.82) is 0 Å². The molecule has 3 rings (SSSR count). The molecule has 0 amide bonds. The monoisotopic (exact) mass is 293 g/mol. The van der Waals surface area contributed by atoms with E-state index in [2.05, 4.69) is 19.9 Å². The van der Waals surface area contributed by atoms with Crippen molar-refractivity contribution in [2.45, 2.75) is 25.3 Å². The number of ether oxygens (including phenoxy) is 1. The Morgan fingerprint density at radius 3 is 2.84 bits per heavy atom. The van der Waals surface area contributed by atoms with Crippen LogP contribution in [0.4, 0.5) is 0 Å². The van der Waals surface area contributed by atoms with Crippen molar-refractivity contribution in [3.05, 3.63) is 50.7 Å². The highest BCUT2D eigenvalue weighted by molar-refractivity contribution is 7.10. The van der Waals surface area contributed by atoms with Gasteiger partial charge in [0.05, 0.1) is 17.7 Å². The van der Waals surface area contributed by atoms with Crippen LogP contribution in [0.15, 0.2) is 29.6 Å². The molecular weight excluding hydrogens is 278 g/mol. The largest absolute Gasteiger partial charge is 0.492 e. The Morgan fingerprint density at radius 2 is 2.16 bits per heavy atom. The summed E-state index contributed by atoms with van der Waals surface area (Å²) < 4.78 is 5.70. The van der Waals surface area contributed by atoms with Gasteiger partial charge in [-0.25, -0.2) is 0 Å². The maximum atomic E-state index is 6.33. The molecule has 0 bridgehead atoms. The molecule has 0 saturated heterocycles. The Morgan fingerprint density at radius 1 is 1.37 bits per heavy atom. The molecule has 2 nitrogen and oxygen atoms in total. The number of thiophene rings is 1. The van der Waals surface area contributed by atoms with Crippen LogP contribution in [0.3, 0.4) is 0 Å². The Bertz CT molecular complexity index is 620. The molecule has 2 N–H and O–H groups in total. The summed E-state index contributed by atoms with van der Waals surface area (Å²) >= 11 is 7.76. The van der Waals surface area contributed by atoms with E-state index in [0.29, 0.717) is 0 Å². The predicted molar refractivity (Wildman–Crippen MR) is 80.3 cm³/mol. The van der Waals surface area contributed by atoms with Gasteiger partial charge in [-0.3, -0.25) is 0 Å². The fourth-order valence-corrected chi connectivity index (χ4v) is 3.61. The number of benzene rings is 1. The van der Waals surface area contributed by atoms with Gasteiger partial charge in [-0.1, -0.05) is 31.5 Å². The van der Waals surface area contributed by atoms with Crippen molar-refractivity contribution in [1.82, 2.24) is 0 Å². The molecule has 2 aromatic rings. The summed E-state index contributed by atoms with van der Waals surface area (Å²) in [6, 6.07) is 7.92. The number of fused-ring (bicyclic) bond motifs is 1. The molecular formula is C15H16ClNOS. The molecule has 0 spiro atoms. The highest BCUT2D eigenvalue weighted by Gasteiger charge is 2.32. The van der Waals surface area contributed by atoms with Crippen LogP contribution < -0.4 is 10.5 Å². The Balaban J connectivity index is 2.02. The second kappa shape index (κ2) is 4.51. The lowest BCUT2D eigenvalue weighted by Gasteiger charge is -2.18. The van der Waals surface area contributed by atoms with Gasteiger partial charge in [0.1, 0.15) is 5.75 Å².